The molecule has 3 aromatic rings. The lowest BCUT2D eigenvalue weighted by atomic mass is 9.80. The van der Waals surface area contributed by atoms with Crippen LogP contribution in [0.2, 0.25) is 0 Å². The van der Waals surface area contributed by atoms with Crippen molar-refractivity contribution in [1.29, 1.82) is 0 Å². The van der Waals surface area contributed by atoms with E-state index >= 15 is 0 Å². The molecule has 1 fully saturated rings. The van der Waals surface area contributed by atoms with Crippen molar-refractivity contribution in [2.24, 2.45) is 5.41 Å². The van der Waals surface area contributed by atoms with E-state index in [4.69, 9.17) is 9.47 Å². The standard InChI is InChI=1S/C31H35F2N3O5S/c1-36(8-3-4-9-36)10-5-11-41-22-6-7-23(27(14-22)40-2)26-19-42-28(35-26)18-34-30(39)31(17-29(37)38)15-20-12-24(32)25(33)13-21(20)16-31/h6-7,12-14,19H,3-5,8-11,15-18H2,1-2H3,(H-,34,37,38,39). The zero-order chi connectivity index (χ0) is 29.9. The highest BCUT2D eigenvalue weighted by Crippen LogP contribution is 2.41. The fraction of sp³-hybridized carbons (Fsp3) is 0.452. The molecule has 0 radical (unpaired) electrons. The predicted molar refractivity (Wildman–Crippen MR) is 152 cm³/mol. The van der Waals surface area contributed by atoms with Gasteiger partial charge in [0.15, 0.2) is 11.6 Å². The molecule has 224 valence electrons. The zero-order valence-electron chi connectivity index (χ0n) is 23.8. The molecular weight excluding hydrogens is 564 g/mol. The molecule has 0 spiro atoms. The molecule has 0 saturated carbocycles. The molecule has 1 amide bonds. The Morgan fingerprint density at radius 2 is 1.81 bits per heavy atom. The van der Waals surface area contributed by atoms with Crippen molar-refractivity contribution in [2.75, 3.05) is 40.4 Å². The normalized spacial score (nSPS) is 16.7. The molecule has 0 unspecified atom stereocenters. The van der Waals surface area contributed by atoms with Gasteiger partial charge in [0, 0.05) is 48.7 Å². The molecule has 11 heteroatoms. The fourth-order valence-corrected chi connectivity index (χ4v) is 6.92. The molecule has 0 bridgehead atoms. The quantitative estimate of drug-likeness (QED) is 0.252. The Hall–Kier alpha value is -3.57. The first-order chi connectivity index (χ1) is 20.1. The van der Waals surface area contributed by atoms with Gasteiger partial charge in [0.2, 0.25) is 5.91 Å². The highest BCUT2D eigenvalue weighted by molar-refractivity contribution is 7.09. The number of ether oxygens (including phenoxy) is 2. The van der Waals surface area contributed by atoms with Crippen molar-refractivity contribution >= 4 is 23.2 Å². The first-order valence-electron chi connectivity index (χ1n) is 14.1. The number of carbonyl (C=O) groups excluding carboxylic acids is 2. The Morgan fingerprint density at radius 1 is 1.12 bits per heavy atom. The van der Waals surface area contributed by atoms with Crippen LogP contribution in [-0.4, -0.2) is 61.7 Å². The van der Waals surface area contributed by atoms with Gasteiger partial charge >= 0.3 is 0 Å². The third kappa shape index (κ3) is 6.57. The smallest absolute Gasteiger partial charge is 0.227 e. The number of aromatic nitrogens is 1. The lowest BCUT2D eigenvalue weighted by Gasteiger charge is -2.29. The van der Waals surface area contributed by atoms with E-state index in [1.165, 1.54) is 37.3 Å². The van der Waals surface area contributed by atoms with E-state index in [2.05, 4.69) is 17.3 Å². The summed E-state index contributed by atoms with van der Waals surface area (Å²) in [5.41, 5.74) is 0.890. The topological polar surface area (TPSA) is 101 Å². The molecule has 5 rings (SSSR count). The largest absolute Gasteiger partial charge is 0.550 e. The Kier molecular flexibility index (Phi) is 8.79. The number of rotatable bonds is 12. The van der Waals surface area contributed by atoms with Gasteiger partial charge in [-0.25, -0.2) is 13.8 Å². The number of hydrogen-bond acceptors (Lipinski definition) is 7. The summed E-state index contributed by atoms with van der Waals surface area (Å²) in [6.45, 7) is 4.27. The van der Waals surface area contributed by atoms with Crippen LogP contribution in [0.3, 0.4) is 0 Å². The van der Waals surface area contributed by atoms with Crippen molar-refractivity contribution in [1.82, 2.24) is 10.3 Å². The number of amides is 1. The summed E-state index contributed by atoms with van der Waals surface area (Å²) in [6, 6.07) is 7.68. The first kappa shape index (κ1) is 29.9. The second-order valence-corrected chi connectivity index (χ2v) is 12.5. The van der Waals surface area contributed by atoms with Crippen molar-refractivity contribution < 1.29 is 37.4 Å². The molecule has 1 aromatic heterocycles. The minimum atomic E-state index is -1.41. The van der Waals surface area contributed by atoms with Crippen molar-refractivity contribution in [2.45, 2.75) is 45.1 Å². The summed E-state index contributed by atoms with van der Waals surface area (Å²) in [7, 11) is 3.89. The molecule has 8 nitrogen and oxygen atoms in total. The number of carboxylic acid groups (broad SMARTS) is 1. The second kappa shape index (κ2) is 12.3. The van der Waals surface area contributed by atoms with Crippen LogP contribution in [0.15, 0.2) is 35.7 Å². The summed E-state index contributed by atoms with van der Waals surface area (Å²) in [5.74, 6) is -2.66. The number of halogens is 2. The van der Waals surface area contributed by atoms with Crippen molar-refractivity contribution in [3.8, 4) is 22.8 Å². The van der Waals surface area contributed by atoms with Gasteiger partial charge in [0.05, 0.1) is 58.1 Å². The van der Waals surface area contributed by atoms with Gasteiger partial charge in [0.25, 0.3) is 0 Å². The number of quaternary nitrogens is 1. The minimum Gasteiger partial charge on any atom is -0.550 e. The Labute approximate surface area is 247 Å². The van der Waals surface area contributed by atoms with E-state index in [9.17, 15) is 23.5 Å². The second-order valence-electron chi connectivity index (χ2n) is 11.6. The summed E-state index contributed by atoms with van der Waals surface area (Å²) in [6.07, 6.45) is 2.96. The molecule has 0 atom stereocenters. The van der Waals surface area contributed by atoms with Crippen LogP contribution in [-0.2, 0) is 29.0 Å². The van der Waals surface area contributed by atoms with Gasteiger partial charge in [0.1, 0.15) is 16.5 Å². The van der Waals surface area contributed by atoms with E-state index < -0.39 is 35.3 Å². The molecule has 2 aromatic carbocycles. The van der Waals surface area contributed by atoms with Crippen LogP contribution < -0.4 is 19.9 Å². The average molecular weight is 600 g/mol. The Bertz CT molecular complexity index is 1440. The zero-order valence-corrected chi connectivity index (χ0v) is 24.7. The third-order valence-electron chi connectivity index (χ3n) is 8.42. The Morgan fingerprint density at radius 3 is 2.45 bits per heavy atom. The molecule has 2 aliphatic rings. The number of carboxylic acids is 1. The number of methoxy groups -OCH3 is 1. The van der Waals surface area contributed by atoms with Crippen LogP contribution in [0.5, 0.6) is 11.5 Å². The number of nitrogens with zero attached hydrogens (tertiary/aromatic N) is 2. The monoisotopic (exact) mass is 599 g/mol. The van der Waals surface area contributed by atoms with Crippen LogP contribution in [0.1, 0.15) is 41.8 Å². The van der Waals surface area contributed by atoms with E-state index in [1.54, 1.807) is 7.11 Å². The van der Waals surface area contributed by atoms with Gasteiger partial charge in [-0.2, -0.15) is 0 Å². The number of aliphatic carboxylic acids is 1. The SMILES string of the molecule is COc1cc(OCCC[N+]2(C)CCCC2)ccc1-c1csc(CNC(=O)C2(CC(=O)[O-])Cc3cc(F)c(F)cc3C2)n1. The maximum Gasteiger partial charge on any atom is 0.227 e. The third-order valence-corrected chi connectivity index (χ3v) is 9.27. The summed E-state index contributed by atoms with van der Waals surface area (Å²) < 4.78 is 40.3. The van der Waals surface area contributed by atoms with Crippen molar-refractivity contribution in [3.05, 3.63) is 63.5 Å². The Balaban J connectivity index is 1.21. The maximum atomic E-state index is 13.8. The van der Waals surface area contributed by atoms with Crippen LogP contribution >= 0.6 is 11.3 Å². The van der Waals surface area contributed by atoms with Gasteiger partial charge in [-0.15, -0.1) is 11.3 Å². The fourth-order valence-electron chi connectivity index (χ4n) is 6.18. The molecular formula is C31H35F2N3O5S. The number of fused-ring (bicyclic) bond motifs is 1. The minimum absolute atomic E-state index is 0.0213. The van der Waals surface area contributed by atoms with Gasteiger partial charge in [-0.3, -0.25) is 4.79 Å². The number of carbonyl (C=O) groups is 2. The number of hydrogen-bond donors (Lipinski definition) is 1. The van der Waals surface area contributed by atoms with Crippen molar-refractivity contribution in [3.63, 3.8) is 0 Å². The van der Waals surface area contributed by atoms with Gasteiger partial charge < -0.3 is 29.2 Å². The van der Waals surface area contributed by atoms with E-state index in [-0.39, 0.29) is 19.4 Å². The summed E-state index contributed by atoms with van der Waals surface area (Å²) in [5, 5.41) is 16.8. The van der Waals surface area contributed by atoms with E-state index in [1.807, 2.05) is 23.6 Å². The summed E-state index contributed by atoms with van der Waals surface area (Å²) in [4.78, 5) is 29.5. The predicted octanol–water partition coefficient (Wildman–Crippen LogP) is 3.65. The van der Waals surface area contributed by atoms with Gasteiger partial charge in [-0.05, 0) is 48.2 Å². The molecule has 1 aliphatic heterocycles. The summed E-state index contributed by atoms with van der Waals surface area (Å²) >= 11 is 1.34. The van der Waals surface area contributed by atoms with Crippen LogP contribution in [0, 0.1) is 17.0 Å². The molecule has 42 heavy (non-hydrogen) atoms. The molecule has 1 saturated heterocycles. The van der Waals surface area contributed by atoms with Crippen LogP contribution in [0.25, 0.3) is 11.3 Å². The number of benzene rings is 2. The van der Waals surface area contributed by atoms with Crippen LogP contribution in [0.4, 0.5) is 8.78 Å². The van der Waals surface area contributed by atoms with E-state index in [0.717, 1.165) is 40.9 Å². The lowest BCUT2D eigenvalue weighted by Crippen LogP contribution is -2.45. The van der Waals surface area contributed by atoms with Gasteiger partial charge in [-0.1, -0.05) is 0 Å². The lowest BCUT2D eigenvalue weighted by molar-refractivity contribution is -0.897. The first-order valence-corrected chi connectivity index (χ1v) is 15.0. The number of likely N-dealkylation sites (tertiary alicyclic amines) is 1. The van der Waals surface area contributed by atoms with E-state index in [0.29, 0.717) is 34.2 Å². The number of nitrogens with one attached hydrogen (secondary N) is 1. The highest BCUT2D eigenvalue weighted by Gasteiger charge is 2.44. The average Bonchev–Trinajstić information content (AvgIpc) is 3.69. The molecule has 1 N–H and O–H groups in total. The highest BCUT2D eigenvalue weighted by atomic mass is 32.1. The molecule has 2 heterocycles. The number of thiazole rings is 1. The molecule has 1 aliphatic carbocycles. The maximum absolute atomic E-state index is 13.8.